The normalized spacial score (nSPS) is 17.6. The summed E-state index contributed by atoms with van der Waals surface area (Å²) in [6.07, 6.45) is 7.25. The SMILES string of the molecule is CCC(N)Cc1cc(Br)ccc1OCC1CCCC1. The molecule has 0 spiro atoms. The van der Waals surface area contributed by atoms with Crippen molar-refractivity contribution in [1.29, 1.82) is 0 Å². The Morgan fingerprint density at radius 1 is 1.37 bits per heavy atom. The van der Waals surface area contributed by atoms with Crippen LogP contribution in [0.2, 0.25) is 0 Å². The molecule has 0 saturated heterocycles. The van der Waals surface area contributed by atoms with E-state index in [0.717, 1.165) is 35.6 Å². The first-order valence-corrected chi connectivity index (χ1v) is 8.15. The minimum absolute atomic E-state index is 0.211. The molecule has 2 nitrogen and oxygen atoms in total. The first-order chi connectivity index (χ1) is 9.19. The molecule has 1 atom stereocenters. The number of benzene rings is 1. The van der Waals surface area contributed by atoms with Gasteiger partial charge in [-0.1, -0.05) is 35.7 Å². The van der Waals surface area contributed by atoms with Gasteiger partial charge in [-0.3, -0.25) is 0 Å². The van der Waals surface area contributed by atoms with Gasteiger partial charge in [0.25, 0.3) is 0 Å². The summed E-state index contributed by atoms with van der Waals surface area (Å²) in [4.78, 5) is 0. The average Bonchev–Trinajstić information content (AvgIpc) is 2.91. The number of halogens is 1. The van der Waals surface area contributed by atoms with E-state index in [0.29, 0.717) is 0 Å². The molecule has 0 amide bonds. The second kappa shape index (κ2) is 7.30. The third-order valence-electron chi connectivity index (χ3n) is 3.98. The van der Waals surface area contributed by atoms with Gasteiger partial charge in [0, 0.05) is 10.5 Å². The van der Waals surface area contributed by atoms with Gasteiger partial charge in [-0.15, -0.1) is 0 Å². The van der Waals surface area contributed by atoms with Crippen LogP contribution in [-0.2, 0) is 6.42 Å². The van der Waals surface area contributed by atoms with Gasteiger partial charge in [0.2, 0.25) is 0 Å². The lowest BCUT2D eigenvalue weighted by molar-refractivity contribution is 0.249. The smallest absolute Gasteiger partial charge is 0.122 e. The van der Waals surface area contributed by atoms with E-state index in [1.807, 2.05) is 6.07 Å². The maximum atomic E-state index is 6.07. The van der Waals surface area contributed by atoms with Gasteiger partial charge in [0.15, 0.2) is 0 Å². The van der Waals surface area contributed by atoms with Crippen LogP contribution in [0.5, 0.6) is 5.75 Å². The molecule has 1 fully saturated rings. The summed E-state index contributed by atoms with van der Waals surface area (Å²) in [6, 6.07) is 6.46. The van der Waals surface area contributed by atoms with E-state index in [-0.39, 0.29) is 6.04 Å². The summed E-state index contributed by atoms with van der Waals surface area (Å²) in [7, 11) is 0. The number of hydrogen-bond donors (Lipinski definition) is 1. The van der Waals surface area contributed by atoms with Crippen molar-refractivity contribution in [1.82, 2.24) is 0 Å². The Bertz CT molecular complexity index is 402. The van der Waals surface area contributed by atoms with Crippen LogP contribution in [0.25, 0.3) is 0 Å². The van der Waals surface area contributed by atoms with Crippen LogP contribution >= 0.6 is 15.9 Å². The topological polar surface area (TPSA) is 35.2 Å². The van der Waals surface area contributed by atoms with Crippen molar-refractivity contribution >= 4 is 15.9 Å². The Kier molecular flexibility index (Phi) is 5.71. The van der Waals surface area contributed by atoms with E-state index >= 15 is 0 Å². The van der Waals surface area contributed by atoms with Crippen LogP contribution in [0.1, 0.15) is 44.6 Å². The van der Waals surface area contributed by atoms with Gasteiger partial charge in [-0.25, -0.2) is 0 Å². The predicted molar refractivity (Wildman–Crippen MR) is 83.6 cm³/mol. The molecule has 3 heteroatoms. The first-order valence-electron chi connectivity index (χ1n) is 7.36. The van der Waals surface area contributed by atoms with E-state index in [4.69, 9.17) is 10.5 Å². The first kappa shape index (κ1) is 14.9. The number of nitrogens with two attached hydrogens (primary N) is 1. The lowest BCUT2D eigenvalue weighted by Gasteiger charge is -2.17. The summed E-state index contributed by atoms with van der Waals surface area (Å²) >= 11 is 3.53. The molecule has 1 aliphatic carbocycles. The van der Waals surface area contributed by atoms with Crippen LogP contribution in [0.15, 0.2) is 22.7 Å². The molecule has 0 aliphatic heterocycles. The van der Waals surface area contributed by atoms with Crippen molar-refractivity contribution in [3.8, 4) is 5.75 Å². The Morgan fingerprint density at radius 3 is 2.79 bits per heavy atom. The van der Waals surface area contributed by atoms with E-state index in [1.165, 1.54) is 31.2 Å². The minimum Gasteiger partial charge on any atom is -0.493 e. The standard InChI is InChI=1S/C16H24BrNO/c1-2-15(18)10-13-9-14(17)7-8-16(13)19-11-12-5-3-4-6-12/h7-9,12,15H,2-6,10-11,18H2,1H3. The zero-order valence-electron chi connectivity index (χ0n) is 11.7. The maximum Gasteiger partial charge on any atom is 0.122 e. The lowest BCUT2D eigenvalue weighted by Crippen LogP contribution is -2.22. The monoisotopic (exact) mass is 325 g/mol. The Balaban J connectivity index is 2.00. The van der Waals surface area contributed by atoms with Crippen LogP contribution in [0.3, 0.4) is 0 Å². The molecule has 0 radical (unpaired) electrons. The van der Waals surface area contributed by atoms with Crippen molar-refractivity contribution < 1.29 is 4.74 Å². The Morgan fingerprint density at radius 2 is 2.11 bits per heavy atom. The molecule has 19 heavy (non-hydrogen) atoms. The summed E-state index contributed by atoms with van der Waals surface area (Å²) in [5, 5.41) is 0. The fraction of sp³-hybridized carbons (Fsp3) is 0.625. The van der Waals surface area contributed by atoms with E-state index in [9.17, 15) is 0 Å². The molecule has 2 N–H and O–H groups in total. The minimum atomic E-state index is 0.211. The predicted octanol–water partition coefficient (Wildman–Crippen LogP) is 4.30. The maximum absolute atomic E-state index is 6.07. The van der Waals surface area contributed by atoms with Crippen molar-refractivity contribution in [2.24, 2.45) is 11.7 Å². The van der Waals surface area contributed by atoms with Crippen LogP contribution in [-0.4, -0.2) is 12.6 Å². The van der Waals surface area contributed by atoms with Crippen molar-refractivity contribution in [2.45, 2.75) is 51.5 Å². The second-order valence-corrected chi connectivity index (χ2v) is 6.50. The molecule has 0 bridgehead atoms. The highest BCUT2D eigenvalue weighted by Crippen LogP contribution is 2.28. The summed E-state index contributed by atoms with van der Waals surface area (Å²) < 4.78 is 7.14. The van der Waals surface area contributed by atoms with E-state index < -0.39 is 0 Å². The van der Waals surface area contributed by atoms with Crippen LogP contribution < -0.4 is 10.5 Å². The molecule has 0 aromatic heterocycles. The molecule has 1 aromatic rings. The largest absolute Gasteiger partial charge is 0.493 e. The van der Waals surface area contributed by atoms with Crippen molar-refractivity contribution in [3.05, 3.63) is 28.2 Å². The van der Waals surface area contributed by atoms with Gasteiger partial charge >= 0.3 is 0 Å². The zero-order chi connectivity index (χ0) is 13.7. The fourth-order valence-electron chi connectivity index (χ4n) is 2.66. The molecule has 1 aliphatic rings. The molecule has 0 heterocycles. The van der Waals surface area contributed by atoms with Crippen molar-refractivity contribution in [2.75, 3.05) is 6.61 Å². The fourth-order valence-corrected chi connectivity index (χ4v) is 3.07. The molecule has 2 rings (SSSR count). The quantitative estimate of drug-likeness (QED) is 0.846. The molecule has 1 unspecified atom stereocenters. The second-order valence-electron chi connectivity index (χ2n) is 5.59. The summed E-state index contributed by atoms with van der Waals surface area (Å²) in [5.41, 5.74) is 7.30. The van der Waals surface area contributed by atoms with Gasteiger partial charge in [-0.05, 0) is 55.4 Å². The summed E-state index contributed by atoms with van der Waals surface area (Å²) in [5.74, 6) is 1.76. The Labute approximate surface area is 124 Å². The molecular weight excluding hydrogens is 302 g/mol. The highest BCUT2D eigenvalue weighted by molar-refractivity contribution is 9.10. The summed E-state index contributed by atoms with van der Waals surface area (Å²) in [6.45, 7) is 2.98. The molecular formula is C16H24BrNO. The Hall–Kier alpha value is -0.540. The number of hydrogen-bond acceptors (Lipinski definition) is 2. The molecule has 1 aromatic carbocycles. The number of rotatable bonds is 6. The van der Waals surface area contributed by atoms with Gasteiger partial charge in [0.05, 0.1) is 6.61 Å². The highest BCUT2D eigenvalue weighted by atomic mass is 79.9. The third-order valence-corrected chi connectivity index (χ3v) is 4.47. The van der Waals surface area contributed by atoms with Gasteiger partial charge in [-0.2, -0.15) is 0 Å². The van der Waals surface area contributed by atoms with Crippen molar-refractivity contribution in [3.63, 3.8) is 0 Å². The zero-order valence-corrected chi connectivity index (χ0v) is 13.3. The molecule has 1 saturated carbocycles. The van der Waals surface area contributed by atoms with Crippen LogP contribution in [0.4, 0.5) is 0 Å². The highest BCUT2D eigenvalue weighted by Gasteiger charge is 2.16. The van der Waals surface area contributed by atoms with Crippen LogP contribution in [0, 0.1) is 5.92 Å². The molecule has 106 valence electrons. The van der Waals surface area contributed by atoms with E-state index in [2.05, 4.69) is 35.0 Å². The van der Waals surface area contributed by atoms with E-state index in [1.54, 1.807) is 0 Å². The number of ether oxygens (including phenoxy) is 1. The average molecular weight is 326 g/mol. The lowest BCUT2D eigenvalue weighted by atomic mass is 10.0. The van der Waals surface area contributed by atoms with Gasteiger partial charge < -0.3 is 10.5 Å². The third kappa shape index (κ3) is 4.50. The van der Waals surface area contributed by atoms with Gasteiger partial charge in [0.1, 0.15) is 5.75 Å².